The molecule has 0 amide bonds. The van der Waals surface area contributed by atoms with Crippen molar-refractivity contribution in [3.8, 4) is 0 Å². The summed E-state index contributed by atoms with van der Waals surface area (Å²) in [5.41, 5.74) is 0.273. The molecule has 0 N–H and O–H groups in total. The summed E-state index contributed by atoms with van der Waals surface area (Å²) in [6.07, 6.45) is 1.13. The third-order valence-electron chi connectivity index (χ3n) is 5.67. The summed E-state index contributed by atoms with van der Waals surface area (Å²) in [5.74, 6) is -1.79. The van der Waals surface area contributed by atoms with Gasteiger partial charge in [-0.3, -0.25) is 14.4 Å². The Kier molecular flexibility index (Phi) is 4.86. The van der Waals surface area contributed by atoms with Gasteiger partial charge in [-0.05, 0) is 13.8 Å². The van der Waals surface area contributed by atoms with Gasteiger partial charge < -0.3 is 18.9 Å². The van der Waals surface area contributed by atoms with Gasteiger partial charge >= 0.3 is 17.9 Å². The van der Waals surface area contributed by atoms with Crippen molar-refractivity contribution in [3.63, 3.8) is 0 Å². The second-order valence-electron chi connectivity index (χ2n) is 7.73. The number of hydrogen-bond donors (Lipinski definition) is 0. The fraction of sp³-hybridized carbons (Fsp3) is 0.737. The monoisotopic (exact) mass is 366 g/mol. The number of hydrogen-bond acceptors (Lipinski definition) is 7. The smallest absolute Gasteiger partial charge is 0.309 e. The van der Waals surface area contributed by atoms with Gasteiger partial charge in [0.05, 0.1) is 5.92 Å². The van der Waals surface area contributed by atoms with Gasteiger partial charge in [0.2, 0.25) is 0 Å². The summed E-state index contributed by atoms with van der Waals surface area (Å²) in [6.45, 7) is 8.33. The molecule has 7 atom stereocenters. The zero-order chi connectivity index (χ0) is 19.2. The highest BCUT2D eigenvalue weighted by atomic mass is 16.7. The Hall–Kier alpha value is -1.89. The lowest BCUT2D eigenvalue weighted by atomic mass is 9.79. The minimum Gasteiger partial charge on any atom is -0.462 e. The molecule has 0 aromatic carbocycles. The predicted octanol–water partition coefficient (Wildman–Crippen LogP) is 1.93. The first-order valence-electron chi connectivity index (χ1n) is 9.02. The number of epoxide rings is 1. The highest BCUT2D eigenvalue weighted by Crippen LogP contribution is 2.51. The summed E-state index contributed by atoms with van der Waals surface area (Å²) in [6, 6.07) is 0. The Labute approximate surface area is 153 Å². The molecule has 0 radical (unpaired) electrons. The zero-order valence-electron chi connectivity index (χ0n) is 15.8. The van der Waals surface area contributed by atoms with Gasteiger partial charge in [0, 0.05) is 32.6 Å². The van der Waals surface area contributed by atoms with E-state index in [2.05, 4.69) is 0 Å². The normalized spacial score (nSPS) is 43.9. The summed E-state index contributed by atoms with van der Waals surface area (Å²) >= 11 is 0. The van der Waals surface area contributed by atoms with Crippen molar-refractivity contribution in [2.24, 2.45) is 11.8 Å². The quantitative estimate of drug-likeness (QED) is 0.319. The average Bonchev–Trinajstić information content (AvgIpc) is 3.12. The van der Waals surface area contributed by atoms with E-state index >= 15 is 0 Å². The van der Waals surface area contributed by atoms with Crippen molar-refractivity contribution < 1.29 is 33.3 Å². The number of carbonyl (C=O) groups excluding carboxylic acids is 3. The Morgan fingerprint density at radius 1 is 1.23 bits per heavy atom. The van der Waals surface area contributed by atoms with Crippen LogP contribution in [-0.4, -0.2) is 47.9 Å². The molecular weight excluding hydrogens is 340 g/mol. The molecule has 7 nitrogen and oxygen atoms in total. The van der Waals surface area contributed by atoms with E-state index in [1.54, 1.807) is 6.92 Å². The molecule has 7 heteroatoms. The Morgan fingerprint density at radius 2 is 1.88 bits per heavy atom. The van der Waals surface area contributed by atoms with E-state index in [-0.39, 0.29) is 23.8 Å². The lowest BCUT2D eigenvalue weighted by Crippen LogP contribution is -2.43. The van der Waals surface area contributed by atoms with Gasteiger partial charge in [0.15, 0.2) is 0 Å². The third kappa shape index (κ3) is 3.37. The second-order valence-corrected chi connectivity index (χ2v) is 7.73. The molecule has 0 unspecified atom stereocenters. The van der Waals surface area contributed by atoms with E-state index < -0.39 is 35.9 Å². The molecule has 0 aromatic heterocycles. The molecule has 2 fully saturated rings. The third-order valence-corrected chi connectivity index (χ3v) is 5.67. The van der Waals surface area contributed by atoms with Crippen LogP contribution in [0.2, 0.25) is 0 Å². The van der Waals surface area contributed by atoms with E-state index in [1.807, 2.05) is 19.9 Å². The number of fused-ring (bicyclic) bond motifs is 3. The Bertz CT molecular complexity index is 654. The summed E-state index contributed by atoms with van der Waals surface area (Å²) < 4.78 is 22.6. The van der Waals surface area contributed by atoms with Gasteiger partial charge in [0.25, 0.3) is 0 Å². The molecular formula is C19H26O7. The highest BCUT2D eigenvalue weighted by molar-refractivity contribution is 5.75. The van der Waals surface area contributed by atoms with Crippen LogP contribution in [0.25, 0.3) is 0 Å². The van der Waals surface area contributed by atoms with Crippen molar-refractivity contribution in [1.82, 2.24) is 0 Å². The van der Waals surface area contributed by atoms with Gasteiger partial charge in [0.1, 0.15) is 30.0 Å². The number of carbonyl (C=O) groups is 3. The fourth-order valence-corrected chi connectivity index (χ4v) is 4.23. The zero-order valence-corrected chi connectivity index (χ0v) is 15.8. The summed E-state index contributed by atoms with van der Waals surface area (Å²) in [5, 5.41) is 0. The second kappa shape index (κ2) is 6.68. The number of rotatable bonds is 2. The SMILES string of the molecule is CC(=O)O[C@H]1C/C(C)=C/C[C@@H](OC(C)=O)[C@]2(C)O[C@H]2[C@@H]2OC(=O)[C@H](C)[C@H]21. The highest BCUT2D eigenvalue weighted by Gasteiger charge is 2.68. The van der Waals surface area contributed by atoms with E-state index in [4.69, 9.17) is 18.9 Å². The molecule has 144 valence electrons. The molecule has 0 bridgehead atoms. The van der Waals surface area contributed by atoms with E-state index in [0.717, 1.165) is 5.57 Å². The van der Waals surface area contributed by atoms with Crippen molar-refractivity contribution in [3.05, 3.63) is 11.6 Å². The van der Waals surface area contributed by atoms with Crippen LogP contribution in [0.4, 0.5) is 0 Å². The lowest BCUT2D eigenvalue weighted by molar-refractivity contribution is -0.152. The molecule has 2 aliphatic heterocycles. The van der Waals surface area contributed by atoms with Crippen LogP contribution in [0.5, 0.6) is 0 Å². The lowest BCUT2D eigenvalue weighted by Gasteiger charge is -2.30. The van der Waals surface area contributed by atoms with Gasteiger partial charge in [-0.25, -0.2) is 0 Å². The number of esters is 3. The van der Waals surface area contributed by atoms with Crippen molar-refractivity contribution >= 4 is 17.9 Å². The van der Waals surface area contributed by atoms with Gasteiger partial charge in [-0.1, -0.05) is 18.6 Å². The Balaban J connectivity index is 1.97. The first-order valence-corrected chi connectivity index (χ1v) is 9.02. The van der Waals surface area contributed by atoms with Crippen LogP contribution >= 0.6 is 0 Å². The fourth-order valence-electron chi connectivity index (χ4n) is 4.23. The minimum atomic E-state index is -0.728. The molecule has 0 aromatic rings. The van der Waals surface area contributed by atoms with Gasteiger partial charge in [-0.15, -0.1) is 0 Å². The molecule has 1 aliphatic carbocycles. The molecule has 2 saturated heterocycles. The molecule has 0 spiro atoms. The predicted molar refractivity (Wildman–Crippen MR) is 89.9 cm³/mol. The van der Waals surface area contributed by atoms with Crippen LogP contribution in [0.15, 0.2) is 11.6 Å². The molecule has 0 saturated carbocycles. The maximum Gasteiger partial charge on any atom is 0.309 e. The van der Waals surface area contributed by atoms with Crippen LogP contribution in [-0.2, 0) is 33.3 Å². The minimum absolute atomic E-state index is 0.308. The standard InChI is InChI=1S/C19H26O7/c1-9-6-7-14(24-12(4)21)19(5)17(26-19)16-15(10(2)18(22)25-16)13(8-9)23-11(3)20/h6,10,13-17H,7-8H2,1-5H3/b9-6+/t10-,13+,14-,15+,16-,17+,19+/m1/s1. The molecule has 2 heterocycles. The first kappa shape index (κ1) is 18.9. The van der Waals surface area contributed by atoms with E-state index in [9.17, 15) is 14.4 Å². The van der Waals surface area contributed by atoms with Crippen molar-refractivity contribution in [1.29, 1.82) is 0 Å². The Morgan fingerprint density at radius 3 is 2.50 bits per heavy atom. The molecule has 3 aliphatic rings. The van der Waals surface area contributed by atoms with E-state index in [1.165, 1.54) is 13.8 Å². The maximum absolute atomic E-state index is 12.3. The topological polar surface area (TPSA) is 91.4 Å². The van der Waals surface area contributed by atoms with Crippen molar-refractivity contribution in [2.75, 3.05) is 0 Å². The van der Waals surface area contributed by atoms with Crippen molar-refractivity contribution in [2.45, 2.75) is 77.5 Å². The summed E-state index contributed by atoms with van der Waals surface area (Å²) in [7, 11) is 0. The van der Waals surface area contributed by atoms with Gasteiger partial charge in [-0.2, -0.15) is 0 Å². The summed E-state index contributed by atoms with van der Waals surface area (Å²) in [4.78, 5) is 35.4. The largest absolute Gasteiger partial charge is 0.462 e. The molecule has 3 rings (SSSR count). The first-order chi connectivity index (χ1) is 12.1. The van der Waals surface area contributed by atoms with Crippen LogP contribution in [0, 0.1) is 11.8 Å². The van der Waals surface area contributed by atoms with E-state index in [0.29, 0.717) is 12.8 Å². The van der Waals surface area contributed by atoms with Crippen LogP contribution in [0.3, 0.4) is 0 Å². The maximum atomic E-state index is 12.3. The average molecular weight is 366 g/mol. The number of ether oxygens (including phenoxy) is 4. The van der Waals surface area contributed by atoms with Crippen LogP contribution in [0.1, 0.15) is 47.5 Å². The van der Waals surface area contributed by atoms with Crippen LogP contribution < -0.4 is 0 Å². The molecule has 26 heavy (non-hydrogen) atoms.